The molecule has 168 valence electrons. The highest BCUT2D eigenvalue weighted by Gasteiger charge is 2.30. The lowest BCUT2D eigenvalue weighted by molar-refractivity contribution is -0.137. The number of hydrogen-bond donors (Lipinski definition) is 1. The van der Waals surface area contributed by atoms with E-state index < -0.39 is 17.6 Å². The van der Waals surface area contributed by atoms with Gasteiger partial charge in [0.05, 0.1) is 22.6 Å². The lowest BCUT2D eigenvalue weighted by atomic mass is 9.95. The zero-order valence-electron chi connectivity index (χ0n) is 17.8. The van der Waals surface area contributed by atoms with Crippen LogP contribution < -0.4 is 5.73 Å². The zero-order valence-corrected chi connectivity index (χ0v) is 17.8. The first-order chi connectivity index (χ1) is 15.3. The zero-order chi connectivity index (χ0) is 22.9. The molecule has 0 spiro atoms. The van der Waals surface area contributed by atoms with Crippen molar-refractivity contribution in [1.82, 2.24) is 14.8 Å². The van der Waals surface area contributed by atoms with Crippen LogP contribution in [0.25, 0.3) is 22.6 Å². The van der Waals surface area contributed by atoms with Crippen LogP contribution in [-0.4, -0.2) is 20.7 Å². The number of nitrogens with zero attached hydrogens (tertiary/aromatic N) is 3. The van der Waals surface area contributed by atoms with E-state index in [1.807, 2.05) is 10.7 Å². The molecule has 1 fully saturated rings. The Morgan fingerprint density at radius 1 is 1.19 bits per heavy atom. The van der Waals surface area contributed by atoms with Gasteiger partial charge < -0.3 is 5.73 Å². The highest BCUT2D eigenvalue weighted by molar-refractivity contribution is 5.97. The molecule has 1 aromatic carbocycles. The minimum Gasteiger partial charge on any atom is -0.366 e. The molecule has 4 rings (SSSR count). The number of hydrogen-bond acceptors (Lipinski definition) is 3. The summed E-state index contributed by atoms with van der Waals surface area (Å²) in [7, 11) is 0. The van der Waals surface area contributed by atoms with E-state index >= 15 is 0 Å². The minimum atomic E-state index is -4.42. The van der Waals surface area contributed by atoms with E-state index in [0.717, 1.165) is 55.6 Å². The number of carbonyl (C=O) groups is 1. The van der Waals surface area contributed by atoms with Crippen LogP contribution >= 0.6 is 0 Å². The Bertz CT molecular complexity index is 1120. The van der Waals surface area contributed by atoms with E-state index in [1.165, 1.54) is 12.1 Å². The topological polar surface area (TPSA) is 73.8 Å². The van der Waals surface area contributed by atoms with E-state index in [-0.39, 0.29) is 0 Å². The van der Waals surface area contributed by atoms with Gasteiger partial charge in [-0.05, 0) is 61.4 Å². The molecule has 1 aliphatic carbocycles. The molecule has 0 unspecified atom stereocenters. The van der Waals surface area contributed by atoms with Crippen molar-refractivity contribution in [2.45, 2.75) is 51.7 Å². The lowest BCUT2D eigenvalue weighted by Gasteiger charge is -2.16. The third-order valence-corrected chi connectivity index (χ3v) is 5.77. The Morgan fingerprint density at radius 3 is 2.50 bits per heavy atom. The van der Waals surface area contributed by atoms with Crippen molar-refractivity contribution in [2.24, 2.45) is 11.7 Å². The van der Waals surface area contributed by atoms with Crippen LogP contribution in [0.1, 0.15) is 54.1 Å². The molecule has 0 aliphatic heterocycles. The van der Waals surface area contributed by atoms with Crippen LogP contribution in [0.3, 0.4) is 0 Å². The van der Waals surface area contributed by atoms with Crippen molar-refractivity contribution >= 4 is 5.91 Å². The molecule has 0 bridgehead atoms. The van der Waals surface area contributed by atoms with Crippen LogP contribution in [0.2, 0.25) is 0 Å². The molecular weight excluding hydrogens is 417 g/mol. The molecule has 5 nitrogen and oxygen atoms in total. The summed E-state index contributed by atoms with van der Waals surface area (Å²) >= 11 is 0. The SMILES string of the molecule is CCCCc1c(C(N)=O)cc(-c2ccc(C(F)(F)F)cc2)nc1-c1ccnn1CC1CC1. The van der Waals surface area contributed by atoms with Gasteiger partial charge in [0, 0.05) is 23.9 Å². The van der Waals surface area contributed by atoms with E-state index in [9.17, 15) is 18.0 Å². The van der Waals surface area contributed by atoms with Gasteiger partial charge in [0.1, 0.15) is 0 Å². The third kappa shape index (κ3) is 4.69. The quantitative estimate of drug-likeness (QED) is 0.502. The fourth-order valence-corrected chi connectivity index (χ4v) is 3.81. The number of alkyl halides is 3. The maximum absolute atomic E-state index is 13.0. The van der Waals surface area contributed by atoms with Crippen molar-refractivity contribution in [3.63, 3.8) is 0 Å². The fourth-order valence-electron chi connectivity index (χ4n) is 3.81. The van der Waals surface area contributed by atoms with Gasteiger partial charge in [0.15, 0.2) is 0 Å². The van der Waals surface area contributed by atoms with Crippen LogP contribution in [0, 0.1) is 5.92 Å². The Labute approximate surface area is 184 Å². The number of pyridine rings is 1. The maximum Gasteiger partial charge on any atom is 0.416 e. The molecule has 1 aliphatic rings. The van der Waals surface area contributed by atoms with Crippen molar-refractivity contribution in [1.29, 1.82) is 0 Å². The minimum absolute atomic E-state index is 0.345. The Balaban J connectivity index is 1.85. The van der Waals surface area contributed by atoms with Crippen molar-refractivity contribution < 1.29 is 18.0 Å². The van der Waals surface area contributed by atoms with E-state index in [1.54, 1.807) is 12.3 Å². The molecular formula is C24H25F3N4O. The summed E-state index contributed by atoms with van der Waals surface area (Å²) in [4.78, 5) is 17.2. The number of carbonyl (C=O) groups excluding carboxylic acids is 1. The number of halogens is 3. The second kappa shape index (κ2) is 8.76. The standard InChI is InChI=1S/C24H25F3N4O/c1-2-3-4-18-19(23(28)32)13-20(16-7-9-17(10-8-16)24(25,26)27)30-22(18)21-11-12-29-31(21)14-15-5-6-15/h7-13,15H,2-6,14H2,1H3,(H2,28,32). The molecule has 1 saturated carbocycles. The van der Waals surface area contributed by atoms with Crippen LogP contribution in [0.4, 0.5) is 13.2 Å². The van der Waals surface area contributed by atoms with Gasteiger partial charge in [-0.3, -0.25) is 9.48 Å². The predicted octanol–water partition coefficient (Wildman–Crippen LogP) is 5.48. The van der Waals surface area contributed by atoms with E-state index in [2.05, 4.69) is 12.0 Å². The number of rotatable bonds is 8. The molecule has 0 atom stereocenters. The molecule has 0 saturated heterocycles. The lowest BCUT2D eigenvalue weighted by Crippen LogP contribution is -2.17. The van der Waals surface area contributed by atoms with Gasteiger partial charge in [0.25, 0.3) is 0 Å². The van der Waals surface area contributed by atoms with Crippen LogP contribution in [-0.2, 0) is 19.1 Å². The summed E-state index contributed by atoms with van der Waals surface area (Å²) in [6, 6.07) is 8.22. The fraction of sp³-hybridized carbons (Fsp3) is 0.375. The second-order valence-electron chi connectivity index (χ2n) is 8.27. The second-order valence-corrected chi connectivity index (χ2v) is 8.27. The number of benzene rings is 1. The Kier molecular flexibility index (Phi) is 6.04. The first-order valence-corrected chi connectivity index (χ1v) is 10.8. The van der Waals surface area contributed by atoms with Gasteiger partial charge in [0.2, 0.25) is 5.91 Å². The Hall–Kier alpha value is -3.16. The van der Waals surface area contributed by atoms with Crippen LogP contribution in [0.15, 0.2) is 42.6 Å². The number of unbranched alkanes of at least 4 members (excludes halogenated alkanes) is 1. The highest BCUT2D eigenvalue weighted by Crippen LogP contribution is 2.35. The van der Waals surface area contributed by atoms with Crippen molar-refractivity contribution in [2.75, 3.05) is 0 Å². The molecule has 32 heavy (non-hydrogen) atoms. The predicted molar refractivity (Wildman–Crippen MR) is 116 cm³/mol. The number of nitrogens with two attached hydrogens (primary N) is 1. The van der Waals surface area contributed by atoms with Crippen LogP contribution in [0.5, 0.6) is 0 Å². The molecule has 8 heteroatoms. The molecule has 0 radical (unpaired) electrons. The summed E-state index contributed by atoms with van der Waals surface area (Å²) < 4.78 is 40.8. The van der Waals surface area contributed by atoms with Gasteiger partial charge in [-0.1, -0.05) is 25.5 Å². The number of primary amides is 1. The first-order valence-electron chi connectivity index (χ1n) is 10.8. The van der Waals surface area contributed by atoms with Crippen molar-refractivity contribution in [3.05, 3.63) is 59.3 Å². The monoisotopic (exact) mass is 442 g/mol. The number of aromatic nitrogens is 3. The molecule has 2 aromatic heterocycles. The highest BCUT2D eigenvalue weighted by atomic mass is 19.4. The van der Waals surface area contributed by atoms with Gasteiger partial charge in [-0.2, -0.15) is 18.3 Å². The van der Waals surface area contributed by atoms with Gasteiger partial charge >= 0.3 is 6.18 Å². The molecule has 1 amide bonds. The summed E-state index contributed by atoms with van der Waals surface area (Å²) in [6.45, 7) is 2.83. The number of amides is 1. The maximum atomic E-state index is 13.0. The first kappa shape index (κ1) is 22.0. The molecule has 2 heterocycles. The van der Waals surface area contributed by atoms with Gasteiger partial charge in [-0.15, -0.1) is 0 Å². The summed E-state index contributed by atoms with van der Waals surface area (Å²) in [5.74, 6) is 0.00243. The third-order valence-electron chi connectivity index (χ3n) is 5.77. The normalized spacial score (nSPS) is 14.0. The summed E-state index contributed by atoms with van der Waals surface area (Å²) in [5.41, 5.74) is 8.38. The Morgan fingerprint density at radius 2 is 1.91 bits per heavy atom. The van der Waals surface area contributed by atoms with Crippen molar-refractivity contribution in [3.8, 4) is 22.6 Å². The summed E-state index contributed by atoms with van der Waals surface area (Å²) in [5, 5.41) is 4.45. The van der Waals surface area contributed by atoms with Gasteiger partial charge in [-0.25, -0.2) is 4.98 Å². The largest absolute Gasteiger partial charge is 0.416 e. The average molecular weight is 442 g/mol. The molecule has 2 N–H and O–H groups in total. The average Bonchev–Trinajstić information content (AvgIpc) is 3.46. The van der Waals surface area contributed by atoms with E-state index in [4.69, 9.17) is 10.7 Å². The molecule has 3 aromatic rings. The van der Waals surface area contributed by atoms with E-state index in [0.29, 0.717) is 34.9 Å². The summed E-state index contributed by atoms with van der Waals surface area (Å²) in [6.07, 6.45) is 2.01. The smallest absolute Gasteiger partial charge is 0.366 e.